The van der Waals surface area contributed by atoms with Gasteiger partial charge < -0.3 is 35.8 Å². The third-order valence-corrected chi connectivity index (χ3v) is 9.68. The molecular formula is C32H45ClN4O7. The molecule has 4 atom stereocenters. The maximum absolute atomic E-state index is 13.8. The van der Waals surface area contributed by atoms with Crippen molar-refractivity contribution in [2.75, 3.05) is 13.2 Å². The van der Waals surface area contributed by atoms with Crippen LogP contribution in [-0.2, 0) is 30.5 Å². The van der Waals surface area contributed by atoms with Crippen LogP contribution in [0, 0.1) is 11.8 Å². The maximum atomic E-state index is 13.8. The molecule has 12 heteroatoms. The van der Waals surface area contributed by atoms with E-state index in [2.05, 4.69) is 21.3 Å². The quantitative estimate of drug-likeness (QED) is 0.237. The van der Waals surface area contributed by atoms with Crippen molar-refractivity contribution in [2.45, 2.75) is 113 Å². The smallest absolute Gasteiger partial charge is 0.408 e. The van der Waals surface area contributed by atoms with Crippen molar-refractivity contribution < 1.29 is 33.8 Å². The minimum atomic E-state index is -1.55. The van der Waals surface area contributed by atoms with E-state index >= 15 is 0 Å². The van der Waals surface area contributed by atoms with Crippen LogP contribution in [0.5, 0.6) is 0 Å². The summed E-state index contributed by atoms with van der Waals surface area (Å²) in [6, 6.07) is 5.03. The number of aliphatic hydroxyl groups is 1. The molecule has 4 fully saturated rings. The van der Waals surface area contributed by atoms with Crippen molar-refractivity contribution in [3.63, 3.8) is 0 Å². The van der Waals surface area contributed by atoms with Gasteiger partial charge in [-0.15, -0.1) is 0 Å². The van der Waals surface area contributed by atoms with E-state index in [9.17, 15) is 24.3 Å². The summed E-state index contributed by atoms with van der Waals surface area (Å²) in [6.07, 6.45) is 6.98. The fourth-order valence-corrected chi connectivity index (χ4v) is 6.97. The van der Waals surface area contributed by atoms with E-state index in [1.54, 1.807) is 24.3 Å². The second-order valence-corrected chi connectivity index (χ2v) is 13.4. The molecule has 1 aromatic rings. The lowest BCUT2D eigenvalue weighted by atomic mass is 9.83. The van der Waals surface area contributed by atoms with E-state index in [0.29, 0.717) is 49.5 Å². The van der Waals surface area contributed by atoms with Gasteiger partial charge in [-0.3, -0.25) is 14.4 Å². The van der Waals surface area contributed by atoms with Crippen molar-refractivity contribution in [3.05, 3.63) is 34.9 Å². The first-order valence-corrected chi connectivity index (χ1v) is 16.4. The Morgan fingerprint density at radius 3 is 2.50 bits per heavy atom. The Kier molecular flexibility index (Phi) is 11.0. The fourth-order valence-electron chi connectivity index (χ4n) is 6.76. The Morgan fingerprint density at radius 2 is 1.80 bits per heavy atom. The second kappa shape index (κ2) is 14.9. The zero-order chi connectivity index (χ0) is 31.1. The number of amides is 4. The van der Waals surface area contributed by atoms with Crippen molar-refractivity contribution >= 4 is 35.4 Å². The zero-order valence-corrected chi connectivity index (χ0v) is 25.9. The van der Waals surface area contributed by atoms with Crippen LogP contribution in [0.4, 0.5) is 4.79 Å². The van der Waals surface area contributed by atoms with Gasteiger partial charge in [-0.2, -0.15) is 0 Å². The number of rotatable bonds is 12. The minimum absolute atomic E-state index is 0.0174. The molecule has 0 radical (unpaired) electrons. The van der Waals surface area contributed by atoms with Gasteiger partial charge in [0.25, 0.3) is 5.91 Å². The number of hydrogen-bond donors (Lipinski definition) is 5. The van der Waals surface area contributed by atoms with Gasteiger partial charge in [-0.1, -0.05) is 55.8 Å². The number of carbonyl (C=O) groups is 4. The molecule has 5 N–H and O–H groups in total. The van der Waals surface area contributed by atoms with E-state index in [4.69, 9.17) is 21.1 Å². The third kappa shape index (κ3) is 9.08. The van der Waals surface area contributed by atoms with Crippen LogP contribution < -0.4 is 21.3 Å². The Labute approximate surface area is 263 Å². The van der Waals surface area contributed by atoms with E-state index in [1.807, 2.05) is 0 Å². The van der Waals surface area contributed by atoms with Gasteiger partial charge in [0.05, 0.1) is 6.04 Å². The van der Waals surface area contributed by atoms with E-state index < -0.39 is 42.0 Å². The van der Waals surface area contributed by atoms with Gasteiger partial charge in [-0.25, -0.2) is 4.79 Å². The van der Waals surface area contributed by atoms with Crippen molar-refractivity contribution in [1.82, 2.24) is 21.3 Å². The highest BCUT2D eigenvalue weighted by Gasteiger charge is 2.47. The molecule has 2 saturated heterocycles. The first kappa shape index (κ1) is 32.5. The lowest BCUT2D eigenvalue weighted by molar-refractivity contribution is -0.134. The van der Waals surface area contributed by atoms with Crippen LogP contribution in [0.2, 0.25) is 5.02 Å². The molecule has 2 aliphatic carbocycles. The summed E-state index contributed by atoms with van der Waals surface area (Å²) in [7, 11) is 0. The number of aliphatic hydroxyl groups excluding tert-OH is 1. The molecular weight excluding hydrogens is 588 g/mol. The molecule has 2 saturated carbocycles. The molecule has 44 heavy (non-hydrogen) atoms. The van der Waals surface area contributed by atoms with Crippen LogP contribution in [0.3, 0.4) is 0 Å². The highest BCUT2D eigenvalue weighted by atomic mass is 35.5. The summed E-state index contributed by atoms with van der Waals surface area (Å²) in [4.78, 5) is 52.7. The molecule has 0 bridgehead atoms. The maximum Gasteiger partial charge on any atom is 0.408 e. The number of ether oxygens (including phenoxy) is 2. The van der Waals surface area contributed by atoms with E-state index in [1.165, 1.54) is 0 Å². The average molecular weight is 633 g/mol. The van der Waals surface area contributed by atoms with Crippen LogP contribution in [0.1, 0.15) is 82.6 Å². The molecule has 1 aromatic carbocycles. The zero-order valence-electron chi connectivity index (χ0n) is 25.2. The third-order valence-electron chi connectivity index (χ3n) is 9.45. The van der Waals surface area contributed by atoms with Crippen LogP contribution in [0.15, 0.2) is 24.3 Å². The number of alkyl carbamates (subject to hydrolysis) is 1. The highest BCUT2D eigenvalue weighted by Crippen LogP contribution is 2.36. The number of nitrogens with one attached hydrogen (secondary N) is 4. The Bertz CT molecular complexity index is 1180. The first-order valence-electron chi connectivity index (χ1n) is 16.1. The van der Waals surface area contributed by atoms with Crippen LogP contribution >= 0.6 is 11.6 Å². The van der Waals surface area contributed by atoms with Crippen LogP contribution in [-0.4, -0.2) is 71.9 Å². The SMILES string of the molecule is O=C(N[C@@H](CC1CCCCC1)C(=O)N[C@@H](CC1CC2(CCOCC2)NC1=O)C(O)C(=O)NC1CC1)OCc1cccc(Cl)c1. The van der Waals surface area contributed by atoms with Gasteiger partial charge in [0.1, 0.15) is 12.6 Å². The summed E-state index contributed by atoms with van der Waals surface area (Å²) in [6.45, 7) is 1.10. The molecule has 11 nitrogen and oxygen atoms in total. The van der Waals surface area contributed by atoms with Gasteiger partial charge in [0, 0.05) is 35.7 Å². The molecule has 0 aromatic heterocycles. The second-order valence-electron chi connectivity index (χ2n) is 13.0. The largest absolute Gasteiger partial charge is 0.445 e. The monoisotopic (exact) mass is 632 g/mol. The lowest BCUT2D eigenvalue weighted by Crippen LogP contribution is -2.56. The number of halogens is 1. The number of carbonyl (C=O) groups excluding carboxylic acids is 4. The van der Waals surface area contributed by atoms with Crippen LogP contribution in [0.25, 0.3) is 0 Å². The molecule has 242 valence electrons. The van der Waals surface area contributed by atoms with Gasteiger partial charge in [0.2, 0.25) is 11.8 Å². The van der Waals surface area contributed by atoms with Crippen molar-refractivity contribution in [1.29, 1.82) is 0 Å². The fraction of sp³-hybridized carbons (Fsp3) is 0.688. The molecule has 4 aliphatic rings. The lowest BCUT2D eigenvalue weighted by Gasteiger charge is -2.33. The summed E-state index contributed by atoms with van der Waals surface area (Å²) in [5.74, 6) is -1.49. The van der Waals surface area contributed by atoms with Gasteiger partial charge in [0.15, 0.2) is 6.10 Å². The van der Waals surface area contributed by atoms with E-state index in [0.717, 1.165) is 44.9 Å². The van der Waals surface area contributed by atoms with E-state index in [-0.39, 0.29) is 36.4 Å². The van der Waals surface area contributed by atoms with Crippen molar-refractivity contribution in [3.8, 4) is 0 Å². The highest BCUT2D eigenvalue weighted by molar-refractivity contribution is 6.30. The topological polar surface area (TPSA) is 155 Å². The molecule has 2 unspecified atom stereocenters. The molecule has 4 amide bonds. The summed E-state index contributed by atoms with van der Waals surface area (Å²) >= 11 is 6.05. The standard InChI is InChI=1S/C32H45ClN4O7/c33-23-8-4-7-21(15-23)19-44-31(42)36-26(16-20-5-2-1-3-6-20)29(40)35-25(27(38)30(41)34-24-9-10-24)17-22-18-32(37-28(22)39)11-13-43-14-12-32/h4,7-8,15,20,22,24-27,38H,1-3,5-6,9-14,16-19H2,(H,34,41)(H,35,40)(H,36,42)(H,37,39)/t22?,25-,26-,27?/m0/s1. The Hall–Kier alpha value is -2.89. The number of hydrogen-bond acceptors (Lipinski definition) is 7. The first-order chi connectivity index (χ1) is 21.2. The molecule has 2 aliphatic heterocycles. The Morgan fingerprint density at radius 1 is 1.05 bits per heavy atom. The summed E-state index contributed by atoms with van der Waals surface area (Å²) < 4.78 is 10.9. The van der Waals surface area contributed by atoms with Gasteiger partial charge >= 0.3 is 6.09 Å². The minimum Gasteiger partial charge on any atom is -0.445 e. The molecule has 5 rings (SSSR count). The summed E-state index contributed by atoms with van der Waals surface area (Å²) in [5, 5.41) is 23.2. The number of benzene rings is 1. The molecule has 1 spiro atoms. The average Bonchev–Trinajstić information content (AvgIpc) is 3.78. The predicted molar refractivity (Wildman–Crippen MR) is 163 cm³/mol. The van der Waals surface area contributed by atoms with Crippen molar-refractivity contribution in [2.24, 2.45) is 11.8 Å². The van der Waals surface area contributed by atoms with Gasteiger partial charge in [-0.05, 0) is 68.6 Å². The molecule has 2 heterocycles. The summed E-state index contributed by atoms with van der Waals surface area (Å²) in [5.41, 5.74) is 0.344. The predicted octanol–water partition coefficient (Wildman–Crippen LogP) is 3.10. The normalized spacial score (nSPS) is 23.7. The Balaban J connectivity index is 1.27.